The van der Waals surface area contributed by atoms with Crippen molar-refractivity contribution in [2.24, 2.45) is 0 Å². The highest BCUT2D eigenvalue weighted by molar-refractivity contribution is 9.10. The van der Waals surface area contributed by atoms with Gasteiger partial charge in [0.1, 0.15) is 11.6 Å². The van der Waals surface area contributed by atoms with E-state index in [-0.39, 0.29) is 11.4 Å². The molecule has 2 rings (SSSR count). The summed E-state index contributed by atoms with van der Waals surface area (Å²) in [4.78, 5) is 11.6. The molecule has 0 aliphatic carbocycles. The number of carbonyl (C=O) groups is 1. The first kappa shape index (κ1) is 13.5. The number of hydrogen-bond acceptors (Lipinski definition) is 1. The molecule has 0 saturated carbocycles. The quantitative estimate of drug-likeness (QED) is 0.845. The molecule has 0 radical (unpaired) electrons. The third-order valence-electron chi connectivity index (χ3n) is 2.26. The van der Waals surface area contributed by atoms with Gasteiger partial charge < -0.3 is 10.6 Å². The molecule has 0 fully saturated rings. The van der Waals surface area contributed by atoms with E-state index in [0.717, 1.165) is 6.07 Å². The number of anilines is 2. The fourth-order valence-electron chi connectivity index (χ4n) is 1.44. The molecule has 0 aliphatic heterocycles. The molecule has 2 aromatic rings. The topological polar surface area (TPSA) is 41.1 Å². The van der Waals surface area contributed by atoms with Crippen molar-refractivity contribution in [3.8, 4) is 0 Å². The number of amides is 2. The lowest BCUT2D eigenvalue weighted by atomic mass is 10.3. The van der Waals surface area contributed by atoms with Crippen LogP contribution in [-0.4, -0.2) is 6.03 Å². The van der Waals surface area contributed by atoms with Crippen LogP contribution in [0.3, 0.4) is 0 Å². The van der Waals surface area contributed by atoms with Crippen molar-refractivity contribution >= 4 is 33.3 Å². The van der Waals surface area contributed by atoms with Crippen molar-refractivity contribution in [2.45, 2.75) is 0 Å². The summed E-state index contributed by atoms with van der Waals surface area (Å²) in [5.41, 5.74) is 0.326. The molecular weight excluding hydrogens is 318 g/mol. The summed E-state index contributed by atoms with van der Waals surface area (Å²) in [5, 5.41) is 4.74. The second-order valence-corrected chi connectivity index (χ2v) is 4.63. The van der Waals surface area contributed by atoms with Gasteiger partial charge in [0, 0.05) is 10.2 Å². The van der Waals surface area contributed by atoms with Gasteiger partial charge in [-0.25, -0.2) is 13.6 Å². The van der Waals surface area contributed by atoms with Gasteiger partial charge in [0.2, 0.25) is 0 Å². The van der Waals surface area contributed by atoms with E-state index in [1.807, 2.05) is 0 Å². The fraction of sp³-hybridized carbons (Fsp3) is 0. The van der Waals surface area contributed by atoms with Gasteiger partial charge >= 0.3 is 6.03 Å². The van der Waals surface area contributed by atoms with Crippen LogP contribution in [0, 0.1) is 11.6 Å². The minimum atomic E-state index is -0.646. The van der Waals surface area contributed by atoms with Gasteiger partial charge in [-0.3, -0.25) is 0 Å². The maximum absolute atomic E-state index is 13.5. The lowest BCUT2D eigenvalue weighted by Gasteiger charge is -2.08. The van der Waals surface area contributed by atoms with E-state index in [2.05, 4.69) is 26.6 Å². The molecule has 0 atom stereocenters. The molecule has 98 valence electrons. The molecular formula is C13H9BrF2N2O. The molecule has 0 heterocycles. The molecule has 0 unspecified atom stereocenters. The zero-order valence-corrected chi connectivity index (χ0v) is 11.2. The van der Waals surface area contributed by atoms with Crippen LogP contribution in [0.5, 0.6) is 0 Å². The molecule has 6 heteroatoms. The normalized spacial score (nSPS) is 10.1. The number of hydrogen-bond donors (Lipinski definition) is 2. The van der Waals surface area contributed by atoms with Crippen LogP contribution >= 0.6 is 15.9 Å². The van der Waals surface area contributed by atoms with Gasteiger partial charge in [-0.2, -0.15) is 0 Å². The highest BCUT2D eigenvalue weighted by Crippen LogP contribution is 2.19. The maximum Gasteiger partial charge on any atom is 0.323 e. The molecule has 0 aliphatic rings. The van der Waals surface area contributed by atoms with Crippen LogP contribution in [0.1, 0.15) is 0 Å². The van der Waals surface area contributed by atoms with Crippen molar-refractivity contribution in [3.05, 3.63) is 58.6 Å². The van der Waals surface area contributed by atoms with E-state index in [0.29, 0.717) is 4.47 Å². The maximum atomic E-state index is 13.5. The third-order valence-corrected chi connectivity index (χ3v) is 2.76. The van der Waals surface area contributed by atoms with Crippen molar-refractivity contribution in [1.82, 2.24) is 0 Å². The van der Waals surface area contributed by atoms with Gasteiger partial charge in [-0.05, 0) is 36.4 Å². The smallest absolute Gasteiger partial charge is 0.308 e. The molecule has 19 heavy (non-hydrogen) atoms. The van der Waals surface area contributed by atoms with E-state index in [9.17, 15) is 13.6 Å². The zero-order valence-electron chi connectivity index (χ0n) is 9.58. The number of benzene rings is 2. The molecule has 3 nitrogen and oxygen atoms in total. The number of rotatable bonds is 2. The Morgan fingerprint density at radius 3 is 2.53 bits per heavy atom. The summed E-state index contributed by atoms with van der Waals surface area (Å²) >= 11 is 3.11. The average molecular weight is 327 g/mol. The highest BCUT2D eigenvalue weighted by atomic mass is 79.9. The summed E-state index contributed by atoms with van der Waals surface area (Å²) in [6.45, 7) is 0. The minimum Gasteiger partial charge on any atom is -0.308 e. The standard InChI is InChI=1S/C13H9BrF2N2O/c14-8-4-5-12(11(16)6-8)18-13(19)17-10-3-1-2-9(15)7-10/h1-7H,(H2,17,18,19). The van der Waals surface area contributed by atoms with Crippen LogP contribution in [0.25, 0.3) is 0 Å². The molecule has 2 aromatic carbocycles. The first-order valence-corrected chi connectivity index (χ1v) is 6.12. The number of nitrogens with one attached hydrogen (secondary N) is 2. The van der Waals surface area contributed by atoms with E-state index in [4.69, 9.17) is 0 Å². The van der Waals surface area contributed by atoms with Crippen molar-refractivity contribution in [3.63, 3.8) is 0 Å². The molecule has 0 bridgehead atoms. The Kier molecular flexibility index (Phi) is 4.11. The Labute approximate surface area is 116 Å². The van der Waals surface area contributed by atoms with E-state index < -0.39 is 17.7 Å². The van der Waals surface area contributed by atoms with Crippen molar-refractivity contribution in [1.29, 1.82) is 0 Å². The molecule has 2 N–H and O–H groups in total. The Balaban J connectivity index is 2.05. The summed E-state index contributed by atoms with van der Waals surface area (Å²) in [7, 11) is 0. The fourth-order valence-corrected chi connectivity index (χ4v) is 1.77. The lowest BCUT2D eigenvalue weighted by Crippen LogP contribution is -2.20. The Morgan fingerprint density at radius 2 is 1.84 bits per heavy atom. The Bertz CT molecular complexity index is 619. The average Bonchev–Trinajstić information content (AvgIpc) is 2.33. The van der Waals surface area contributed by atoms with Gasteiger partial charge in [0.05, 0.1) is 5.69 Å². The summed E-state index contributed by atoms with van der Waals surface area (Å²) < 4.78 is 27.0. The molecule has 0 saturated heterocycles. The predicted octanol–water partition coefficient (Wildman–Crippen LogP) is 4.37. The van der Waals surface area contributed by atoms with Gasteiger partial charge in [0.15, 0.2) is 0 Å². The summed E-state index contributed by atoms with van der Waals surface area (Å²) in [6.07, 6.45) is 0. The van der Waals surface area contributed by atoms with E-state index in [1.54, 1.807) is 6.07 Å². The summed E-state index contributed by atoms with van der Waals surface area (Å²) in [5.74, 6) is -1.03. The third kappa shape index (κ3) is 3.75. The SMILES string of the molecule is O=C(Nc1cccc(F)c1)Nc1ccc(Br)cc1F. The first-order valence-electron chi connectivity index (χ1n) is 5.33. The van der Waals surface area contributed by atoms with Crippen LogP contribution in [0.15, 0.2) is 46.9 Å². The second-order valence-electron chi connectivity index (χ2n) is 3.71. The predicted molar refractivity (Wildman–Crippen MR) is 73.1 cm³/mol. The van der Waals surface area contributed by atoms with Crippen LogP contribution in [0.4, 0.5) is 25.0 Å². The van der Waals surface area contributed by atoms with Gasteiger partial charge in [-0.1, -0.05) is 22.0 Å². The number of urea groups is 1. The van der Waals surface area contributed by atoms with Gasteiger partial charge in [0.25, 0.3) is 0 Å². The van der Waals surface area contributed by atoms with Crippen molar-refractivity contribution < 1.29 is 13.6 Å². The lowest BCUT2D eigenvalue weighted by molar-refractivity contribution is 0.262. The molecule has 0 aromatic heterocycles. The van der Waals surface area contributed by atoms with Gasteiger partial charge in [-0.15, -0.1) is 0 Å². The van der Waals surface area contributed by atoms with Crippen molar-refractivity contribution in [2.75, 3.05) is 10.6 Å². The minimum absolute atomic E-state index is 0.0390. The van der Waals surface area contributed by atoms with E-state index in [1.165, 1.54) is 30.3 Å². The second kappa shape index (κ2) is 5.79. The highest BCUT2D eigenvalue weighted by Gasteiger charge is 2.07. The van der Waals surface area contributed by atoms with Crippen LogP contribution < -0.4 is 10.6 Å². The largest absolute Gasteiger partial charge is 0.323 e. The van der Waals surface area contributed by atoms with Crippen LogP contribution in [0.2, 0.25) is 0 Å². The Morgan fingerprint density at radius 1 is 1.05 bits per heavy atom. The zero-order chi connectivity index (χ0) is 13.8. The monoisotopic (exact) mass is 326 g/mol. The summed E-state index contributed by atoms with van der Waals surface area (Å²) in [6, 6.07) is 9.02. The van der Waals surface area contributed by atoms with E-state index >= 15 is 0 Å². The Hall–Kier alpha value is -1.95. The number of carbonyl (C=O) groups excluding carboxylic acids is 1. The van der Waals surface area contributed by atoms with Crippen LogP contribution in [-0.2, 0) is 0 Å². The molecule has 0 spiro atoms. The first-order chi connectivity index (χ1) is 9.04. The number of halogens is 3. The molecule has 2 amide bonds.